The molecular weight excluding hydrogens is 571 g/mol. The third-order valence-corrected chi connectivity index (χ3v) is 8.98. The lowest BCUT2D eigenvalue weighted by Crippen LogP contribution is -2.12. The van der Waals surface area contributed by atoms with E-state index in [0.29, 0.717) is 41.1 Å². The third-order valence-electron chi connectivity index (χ3n) is 8.98. The maximum absolute atomic E-state index is 9.67. The molecule has 0 spiro atoms. The van der Waals surface area contributed by atoms with Crippen molar-refractivity contribution in [3.63, 3.8) is 0 Å². The monoisotopic (exact) mass is 613 g/mol. The van der Waals surface area contributed by atoms with Gasteiger partial charge in [0.15, 0.2) is 11.6 Å². The maximum Gasteiger partial charge on any atom is 0.168 e. The van der Waals surface area contributed by atoms with Gasteiger partial charge in [-0.1, -0.05) is 145 Å². The molecule has 0 saturated heterocycles. The predicted molar refractivity (Wildman–Crippen MR) is 199 cm³/mol. The molecule has 0 aliphatic heterocycles. The van der Waals surface area contributed by atoms with Gasteiger partial charge in [0.2, 0.25) is 0 Å². The van der Waals surface area contributed by atoms with Crippen molar-refractivity contribution in [3.8, 4) is 39.6 Å². The van der Waals surface area contributed by atoms with Gasteiger partial charge in [-0.2, -0.15) is 0 Å². The molecule has 0 unspecified atom stereocenters. The highest BCUT2D eigenvalue weighted by atomic mass is 15.3. The molecule has 3 heteroatoms. The quantitative estimate of drug-likeness (QED) is 0.185. The van der Waals surface area contributed by atoms with Gasteiger partial charge in [-0.3, -0.25) is 4.57 Å². The molecule has 3 nitrogen and oxygen atoms in total. The first-order valence-corrected chi connectivity index (χ1v) is 16.2. The maximum atomic E-state index is 9.67. The molecule has 0 amide bonds. The zero-order valence-corrected chi connectivity index (χ0v) is 27.7. The Hall–Kier alpha value is -5.28. The van der Waals surface area contributed by atoms with Crippen LogP contribution in [0.4, 0.5) is 0 Å². The topological polar surface area (TPSA) is 30.7 Å². The first-order valence-electron chi connectivity index (χ1n) is 18.2. The van der Waals surface area contributed by atoms with E-state index < -0.39 is 10.8 Å². The molecule has 0 radical (unpaired) electrons. The summed E-state index contributed by atoms with van der Waals surface area (Å²) in [6.07, 6.45) is 0. The van der Waals surface area contributed by atoms with Crippen LogP contribution in [0.1, 0.15) is 58.2 Å². The lowest BCUT2D eigenvalue weighted by molar-refractivity contribution is 0.591. The van der Waals surface area contributed by atoms with E-state index in [9.17, 15) is 5.48 Å². The first-order chi connectivity index (χ1) is 24.3. The highest BCUT2D eigenvalue weighted by Gasteiger charge is 2.22. The van der Waals surface area contributed by atoms with Crippen molar-refractivity contribution in [3.05, 3.63) is 138 Å². The number of benzene rings is 7. The summed E-state index contributed by atoms with van der Waals surface area (Å²) in [5.41, 5.74) is 5.05. The van der Waals surface area contributed by atoms with Crippen LogP contribution < -0.4 is 0 Å². The van der Waals surface area contributed by atoms with E-state index in [0.717, 1.165) is 66.1 Å². The van der Waals surface area contributed by atoms with Crippen molar-refractivity contribution in [1.29, 1.82) is 0 Å². The molecule has 8 rings (SSSR count). The van der Waals surface area contributed by atoms with Gasteiger partial charge in [0.25, 0.3) is 0 Å². The Morgan fingerprint density at radius 1 is 0.511 bits per heavy atom. The lowest BCUT2D eigenvalue weighted by atomic mass is 9.79. The van der Waals surface area contributed by atoms with Gasteiger partial charge in [-0.25, -0.2) is 0 Å². The van der Waals surface area contributed by atoms with Crippen molar-refractivity contribution < 1.29 is 5.48 Å². The average Bonchev–Trinajstić information content (AvgIpc) is 3.54. The Balaban J connectivity index is 1.41. The lowest BCUT2D eigenvalue weighted by Gasteiger charge is -2.25. The molecule has 230 valence electrons. The zero-order valence-electron chi connectivity index (χ0n) is 31.7. The van der Waals surface area contributed by atoms with E-state index in [1.165, 1.54) is 0 Å². The van der Waals surface area contributed by atoms with Crippen LogP contribution in [0.5, 0.6) is 0 Å². The number of hydrogen-bond donors (Lipinski definition) is 0. The fourth-order valence-corrected chi connectivity index (χ4v) is 6.44. The van der Waals surface area contributed by atoms with Crippen molar-refractivity contribution in [2.24, 2.45) is 0 Å². The zero-order chi connectivity index (χ0) is 36.0. The van der Waals surface area contributed by atoms with E-state index in [2.05, 4.69) is 59.8 Å². The molecule has 0 N–H and O–H groups in total. The summed E-state index contributed by atoms with van der Waals surface area (Å²) in [4.78, 5) is 0. The minimum Gasteiger partial charge on any atom is -0.275 e. The summed E-state index contributed by atoms with van der Waals surface area (Å²) in [6.45, 7) is 12.3. The number of para-hydroxylation sites is 1. The van der Waals surface area contributed by atoms with Crippen LogP contribution in [-0.4, -0.2) is 14.8 Å². The van der Waals surface area contributed by atoms with E-state index in [4.69, 9.17) is 0 Å². The molecule has 7 aromatic carbocycles. The van der Waals surface area contributed by atoms with Crippen LogP contribution in [0, 0.1) is 0 Å². The summed E-state index contributed by atoms with van der Waals surface area (Å²) in [5.74, 6) is 1.46. The molecular formula is C44H39N3. The van der Waals surface area contributed by atoms with Crippen LogP contribution in [0.3, 0.4) is 0 Å². The van der Waals surface area contributed by atoms with Crippen LogP contribution >= 0.6 is 0 Å². The molecule has 0 atom stereocenters. The summed E-state index contributed by atoms with van der Waals surface area (Å²) in [6, 6.07) is 35.6. The standard InChI is InChI=1S/C44H39N3/c1-43(2,3)34-23-31-21-22-32-24-35(44(4,5)6)27-38-37(26-33(25-34)39(31)40(32)38)28-17-19-30(20-18-28)42-46-45-41(29-13-9-7-10-14-29)47(42)36-15-11-8-12-16-36/h7-27H,1-6H3/i23D,24D,25D,27D. The molecule has 47 heavy (non-hydrogen) atoms. The van der Waals surface area contributed by atoms with Gasteiger partial charge >= 0.3 is 0 Å². The van der Waals surface area contributed by atoms with Crippen LogP contribution in [0.2, 0.25) is 0 Å². The van der Waals surface area contributed by atoms with Crippen molar-refractivity contribution in [2.75, 3.05) is 0 Å². The average molecular weight is 614 g/mol. The largest absolute Gasteiger partial charge is 0.275 e. The van der Waals surface area contributed by atoms with Crippen LogP contribution in [-0.2, 0) is 10.8 Å². The second-order valence-corrected chi connectivity index (χ2v) is 14.5. The van der Waals surface area contributed by atoms with E-state index in [1.807, 2.05) is 99.6 Å². The summed E-state index contributed by atoms with van der Waals surface area (Å²) >= 11 is 0. The molecule has 0 aliphatic rings. The summed E-state index contributed by atoms with van der Waals surface area (Å²) in [5, 5.41) is 13.9. The Kier molecular flexibility index (Phi) is 5.63. The molecule has 0 fully saturated rings. The van der Waals surface area contributed by atoms with Crippen LogP contribution in [0.25, 0.3) is 71.9 Å². The molecule has 1 heterocycles. The fraction of sp³-hybridized carbons (Fsp3) is 0.182. The second-order valence-electron chi connectivity index (χ2n) is 14.5. The first kappa shape index (κ1) is 24.9. The number of hydrogen-bond acceptors (Lipinski definition) is 2. The summed E-state index contributed by atoms with van der Waals surface area (Å²) < 4.78 is 39.8. The van der Waals surface area contributed by atoms with Crippen LogP contribution in [0.15, 0.2) is 127 Å². The second kappa shape index (κ2) is 10.6. The van der Waals surface area contributed by atoms with Gasteiger partial charge < -0.3 is 0 Å². The highest BCUT2D eigenvalue weighted by molar-refractivity contribution is 6.26. The molecule has 1 aromatic heterocycles. The van der Waals surface area contributed by atoms with Gasteiger partial charge in [0, 0.05) is 16.8 Å². The molecule has 0 aliphatic carbocycles. The van der Waals surface area contributed by atoms with Crippen molar-refractivity contribution in [1.82, 2.24) is 14.8 Å². The van der Waals surface area contributed by atoms with Gasteiger partial charge in [0.1, 0.15) is 0 Å². The normalized spacial score (nSPS) is 13.7. The van der Waals surface area contributed by atoms with Gasteiger partial charge in [-0.15, -0.1) is 10.2 Å². The van der Waals surface area contributed by atoms with E-state index in [-0.39, 0.29) is 0 Å². The molecule has 8 aromatic rings. The van der Waals surface area contributed by atoms with Gasteiger partial charge in [-0.05, 0) is 89.6 Å². The summed E-state index contributed by atoms with van der Waals surface area (Å²) in [7, 11) is 0. The SMILES string of the molecule is [2H]c1c(C(C)(C)C)c([2H])c2cc(-c3ccc(-c4nnc(-c5ccccc5)n4-c4ccccc4)cc3)c3c([2H])c(C(C)(C)C)c([2H])c4ccc1c2c43. The Labute approximate surface area is 282 Å². The minimum atomic E-state index is -0.446. The predicted octanol–water partition coefficient (Wildman–Crippen LogP) is 11.8. The van der Waals surface area contributed by atoms with E-state index in [1.54, 1.807) is 0 Å². The third kappa shape index (κ3) is 4.98. The number of aromatic nitrogens is 3. The smallest absolute Gasteiger partial charge is 0.168 e. The minimum absolute atomic E-state index is 0.322. The van der Waals surface area contributed by atoms with E-state index >= 15 is 0 Å². The number of rotatable bonds is 4. The number of nitrogens with zero attached hydrogens (tertiary/aromatic N) is 3. The fourth-order valence-electron chi connectivity index (χ4n) is 6.44. The Bertz CT molecular complexity index is 2610. The highest BCUT2D eigenvalue weighted by Crippen LogP contribution is 2.44. The van der Waals surface area contributed by atoms with Crippen molar-refractivity contribution >= 4 is 32.3 Å². The molecule has 0 saturated carbocycles. The van der Waals surface area contributed by atoms with Crippen molar-refractivity contribution in [2.45, 2.75) is 52.4 Å². The van der Waals surface area contributed by atoms with Gasteiger partial charge in [0.05, 0.1) is 5.48 Å². The molecule has 0 bridgehead atoms. The Morgan fingerprint density at radius 3 is 1.60 bits per heavy atom. The Morgan fingerprint density at radius 2 is 1.00 bits per heavy atom.